The van der Waals surface area contributed by atoms with Crippen molar-refractivity contribution in [2.24, 2.45) is 0 Å². The minimum absolute atomic E-state index is 0.172. The predicted molar refractivity (Wildman–Crippen MR) is 104 cm³/mol. The van der Waals surface area contributed by atoms with Crippen molar-refractivity contribution in [1.29, 1.82) is 0 Å². The molecule has 1 aliphatic rings. The first kappa shape index (κ1) is 17.8. The lowest BCUT2D eigenvalue weighted by molar-refractivity contribution is -0.114. The molecule has 2 aromatic heterocycles. The van der Waals surface area contributed by atoms with E-state index in [1.54, 1.807) is 23.9 Å². The van der Waals surface area contributed by atoms with Gasteiger partial charge < -0.3 is 14.3 Å². The number of nitrogens with zero attached hydrogens (tertiary/aromatic N) is 3. The first-order valence-electron chi connectivity index (χ1n) is 8.95. The summed E-state index contributed by atoms with van der Waals surface area (Å²) in [4.78, 5) is 23.2. The molecule has 7 nitrogen and oxygen atoms in total. The number of hydrogen-bond donors (Lipinski definition) is 1. The molecule has 1 amide bonds. The van der Waals surface area contributed by atoms with Crippen molar-refractivity contribution < 1.29 is 9.21 Å². The number of rotatable bonds is 6. The van der Waals surface area contributed by atoms with E-state index in [0.717, 1.165) is 28.5 Å². The normalized spacial score (nSPS) is 13.9. The molecule has 4 rings (SSSR count). The third-order valence-electron chi connectivity index (χ3n) is 4.51. The second kappa shape index (κ2) is 7.19. The summed E-state index contributed by atoms with van der Waals surface area (Å²) >= 11 is 1.57. The molecule has 0 atom stereocenters. The fourth-order valence-corrected chi connectivity index (χ4v) is 4.12. The Morgan fingerprint density at radius 1 is 1.33 bits per heavy atom. The van der Waals surface area contributed by atoms with E-state index in [1.165, 1.54) is 25.8 Å². The summed E-state index contributed by atoms with van der Waals surface area (Å²) in [7, 11) is 0. The van der Waals surface area contributed by atoms with Gasteiger partial charge in [0.2, 0.25) is 5.91 Å². The van der Waals surface area contributed by atoms with Crippen LogP contribution >= 0.6 is 11.8 Å². The van der Waals surface area contributed by atoms with Gasteiger partial charge in [-0.1, -0.05) is 11.8 Å². The number of anilines is 1. The molecule has 0 unspecified atom stereocenters. The van der Waals surface area contributed by atoms with Crippen LogP contribution in [0, 0.1) is 0 Å². The highest BCUT2D eigenvalue weighted by Crippen LogP contribution is 2.40. The molecular weight excluding hydrogens is 364 g/mol. The first-order valence-corrected chi connectivity index (χ1v) is 9.94. The van der Waals surface area contributed by atoms with E-state index in [0.29, 0.717) is 22.9 Å². The van der Waals surface area contributed by atoms with E-state index in [4.69, 9.17) is 4.42 Å². The van der Waals surface area contributed by atoms with Crippen molar-refractivity contribution in [2.45, 2.75) is 50.1 Å². The second-order valence-electron chi connectivity index (χ2n) is 6.63. The smallest absolute Gasteiger partial charge is 0.336 e. The maximum Gasteiger partial charge on any atom is 0.336 e. The van der Waals surface area contributed by atoms with Gasteiger partial charge in [0.25, 0.3) is 0 Å². The highest BCUT2D eigenvalue weighted by atomic mass is 32.2. The summed E-state index contributed by atoms with van der Waals surface area (Å²) in [5.74, 6) is 2.03. The molecular formula is C19H20N4O3S. The molecule has 0 radical (unpaired) electrons. The molecule has 1 aromatic carbocycles. The molecule has 0 saturated heterocycles. The molecule has 0 spiro atoms. The van der Waals surface area contributed by atoms with Crippen LogP contribution in [-0.2, 0) is 17.1 Å². The van der Waals surface area contributed by atoms with Crippen molar-refractivity contribution in [3.63, 3.8) is 0 Å². The third-order valence-corrected chi connectivity index (χ3v) is 5.53. The lowest BCUT2D eigenvalue weighted by atomic mass is 10.1. The topological polar surface area (TPSA) is 90.0 Å². The summed E-state index contributed by atoms with van der Waals surface area (Å²) in [6, 6.07) is 6.85. The largest absolute Gasteiger partial charge is 0.423 e. The van der Waals surface area contributed by atoms with Crippen LogP contribution in [0.3, 0.4) is 0 Å². The van der Waals surface area contributed by atoms with Gasteiger partial charge in [-0.15, -0.1) is 10.2 Å². The fourth-order valence-electron chi connectivity index (χ4n) is 3.12. The molecule has 2 heterocycles. The number of aromatic nitrogens is 3. The van der Waals surface area contributed by atoms with E-state index < -0.39 is 5.63 Å². The van der Waals surface area contributed by atoms with Crippen LogP contribution in [0.1, 0.15) is 44.0 Å². The van der Waals surface area contributed by atoms with Crippen LogP contribution in [0.15, 0.2) is 38.6 Å². The van der Waals surface area contributed by atoms with E-state index in [2.05, 4.69) is 27.0 Å². The molecule has 8 heteroatoms. The molecule has 1 N–H and O–H groups in total. The van der Waals surface area contributed by atoms with Crippen LogP contribution < -0.4 is 10.9 Å². The van der Waals surface area contributed by atoms with Crippen LogP contribution in [0.25, 0.3) is 11.0 Å². The van der Waals surface area contributed by atoms with Gasteiger partial charge >= 0.3 is 5.63 Å². The average Bonchev–Trinajstić information content (AvgIpc) is 3.38. The predicted octanol–water partition coefficient (Wildman–Crippen LogP) is 3.53. The van der Waals surface area contributed by atoms with Crippen LogP contribution in [0.4, 0.5) is 5.69 Å². The maximum absolute atomic E-state index is 12.0. The Morgan fingerprint density at radius 2 is 2.15 bits per heavy atom. The third kappa shape index (κ3) is 3.75. The van der Waals surface area contributed by atoms with Gasteiger partial charge in [-0.05, 0) is 37.5 Å². The number of nitrogens with one attached hydrogen (secondary N) is 1. The van der Waals surface area contributed by atoms with Gasteiger partial charge in [-0.25, -0.2) is 4.79 Å². The molecule has 27 heavy (non-hydrogen) atoms. The van der Waals surface area contributed by atoms with Gasteiger partial charge in [0.05, 0.1) is 0 Å². The Bertz CT molecular complexity index is 1070. The molecule has 1 aliphatic carbocycles. The number of amides is 1. The zero-order valence-electron chi connectivity index (χ0n) is 15.2. The van der Waals surface area contributed by atoms with Gasteiger partial charge in [0.15, 0.2) is 5.16 Å². The molecule has 140 valence electrons. The quantitative estimate of drug-likeness (QED) is 0.516. The average molecular weight is 384 g/mol. The van der Waals surface area contributed by atoms with Gasteiger partial charge in [0.1, 0.15) is 11.4 Å². The highest BCUT2D eigenvalue weighted by Gasteiger charge is 2.30. The lowest BCUT2D eigenvalue weighted by Gasteiger charge is -2.09. The van der Waals surface area contributed by atoms with Crippen molar-refractivity contribution in [2.75, 3.05) is 5.32 Å². The van der Waals surface area contributed by atoms with E-state index in [1.807, 2.05) is 6.07 Å². The van der Waals surface area contributed by atoms with Crippen LogP contribution in [0.2, 0.25) is 0 Å². The minimum atomic E-state index is -0.409. The van der Waals surface area contributed by atoms with Crippen molar-refractivity contribution in [3.8, 4) is 0 Å². The number of carbonyl (C=O) groups is 1. The molecule has 1 saturated carbocycles. The van der Waals surface area contributed by atoms with Gasteiger partial charge in [-0.3, -0.25) is 4.79 Å². The number of hydrogen-bond acceptors (Lipinski definition) is 6. The van der Waals surface area contributed by atoms with Crippen molar-refractivity contribution in [1.82, 2.24) is 14.8 Å². The number of thioether (sulfide) groups is 1. The van der Waals surface area contributed by atoms with E-state index >= 15 is 0 Å². The Kier molecular flexibility index (Phi) is 4.73. The van der Waals surface area contributed by atoms with Gasteiger partial charge in [-0.2, -0.15) is 0 Å². The first-order chi connectivity index (χ1) is 13.0. The minimum Gasteiger partial charge on any atom is -0.423 e. The summed E-state index contributed by atoms with van der Waals surface area (Å²) in [6.07, 6.45) is 2.37. The SMILES string of the molecule is CCn1c(SCc2cc(=O)oc3cc(NC(C)=O)ccc23)nnc1C1CC1. The number of carbonyl (C=O) groups excluding carboxylic acids is 1. The number of fused-ring (bicyclic) bond motifs is 1. The second-order valence-corrected chi connectivity index (χ2v) is 7.57. The summed E-state index contributed by atoms with van der Waals surface area (Å²) in [6.45, 7) is 4.36. The fraction of sp³-hybridized carbons (Fsp3) is 0.368. The molecule has 1 fully saturated rings. The molecule has 0 aliphatic heterocycles. The van der Waals surface area contributed by atoms with Crippen molar-refractivity contribution in [3.05, 3.63) is 46.1 Å². The van der Waals surface area contributed by atoms with Crippen LogP contribution in [0.5, 0.6) is 0 Å². The Balaban J connectivity index is 1.62. The van der Waals surface area contributed by atoms with Crippen molar-refractivity contribution >= 4 is 34.3 Å². The standard InChI is InChI=1S/C19H20N4O3S/c1-3-23-18(12-4-5-12)21-22-19(23)27-10-13-8-17(25)26-16-9-14(20-11(2)24)6-7-15(13)16/h6-9,12H,3-5,10H2,1-2H3,(H,20,24). The Hall–Kier alpha value is -2.61. The Labute approximate surface area is 160 Å². The summed E-state index contributed by atoms with van der Waals surface area (Å²) in [5.41, 5.74) is 1.52. The maximum atomic E-state index is 12.0. The summed E-state index contributed by atoms with van der Waals surface area (Å²) < 4.78 is 7.47. The zero-order valence-corrected chi connectivity index (χ0v) is 16.0. The zero-order chi connectivity index (χ0) is 19.0. The lowest BCUT2D eigenvalue weighted by Crippen LogP contribution is -2.06. The van der Waals surface area contributed by atoms with E-state index in [-0.39, 0.29) is 5.91 Å². The molecule has 0 bridgehead atoms. The Morgan fingerprint density at radius 3 is 2.85 bits per heavy atom. The van der Waals surface area contributed by atoms with Crippen LogP contribution in [-0.4, -0.2) is 20.7 Å². The molecule has 3 aromatic rings. The van der Waals surface area contributed by atoms with Gasteiger partial charge in [0, 0.05) is 48.3 Å². The van der Waals surface area contributed by atoms with E-state index in [9.17, 15) is 9.59 Å². The summed E-state index contributed by atoms with van der Waals surface area (Å²) in [5, 5.41) is 13.1. The highest BCUT2D eigenvalue weighted by molar-refractivity contribution is 7.98. The monoisotopic (exact) mass is 384 g/mol. The number of benzene rings is 1.